The minimum Gasteiger partial charge on any atom is -0.396 e. The molecule has 0 spiro atoms. The minimum atomic E-state index is -2.03. The lowest BCUT2D eigenvalue weighted by molar-refractivity contribution is -0.0207. The quantitative estimate of drug-likeness (QED) is 0.646. The van der Waals surface area contributed by atoms with Crippen molar-refractivity contribution in [3.05, 3.63) is 33.1 Å². The Labute approximate surface area is 102 Å². The molecule has 0 aromatic carbocycles. The maximum atomic E-state index is 14.5. The van der Waals surface area contributed by atoms with E-state index in [1.165, 1.54) is 13.1 Å². The van der Waals surface area contributed by atoms with Gasteiger partial charge in [-0.1, -0.05) is 0 Å². The molecule has 6 nitrogen and oxygen atoms in total. The van der Waals surface area contributed by atoms with Crippen LogP contribution in [0.2, 0.25) is 0 Å². The van der Waals surface area contributed by atoms with Gasteiger partial charge in [0, 0.05) is 24.8 Å². The number of alkyl halides is 1. The lowest BCUT2D eigenvalue weighted by Crippen LogP contribution is -2.42. The van der Waals surface area contributed by atoms with Crippen molar-refractivity contribution in [1.82, 2.24) is 9.55 Å². The number of aromatic nitrogens is 2. The first-order valence-electron chi connectivity index (χ1n) is 5.67. The molecule has 0 amide bonds. The van der Waals surface area contributed by atoms with Crippen molar-refractivity contribution in [2.75, 3.05) is 6.61 Å². The van der Waals surface area contributed by atoms with Gasteiger partial charge in [-0.25, -0.2) is 9.18 Å². The number of nitrogens with zero attached hydrogens (tertiary/aromatic N) is 1. The monoisotopic (exact) mass is 258 g/mol. The molecule has 0 aliphatic heterocycles. The van der Waals surface area contributed by atoms with E-state index in [0.717, 1.165) is 10.6 Å². The van der Waals surface area contributed by atoms with Gasteiger partial charge in [0.05, 0.1) is 12.1 Å². The molecule has 1 aliphatic carbocycles. The van der Waals surface area contributed by atoms with Crippen molar-refractivity contribution < 1.29 is 14.6 Å². The van der Waals surface area contributed by atoms with E-state index in [-0.39, 0.29) is 13.0 Å². The van der Waals surface area contributed by atoms with E-state index >= 15 is 0 Å². The highest BCUT2D eigenvalue weighted by Gasteiger charge is 2.53. The van der Waals surface area contributed by atoms with Crippen LogP contribution in [0.5, 0.6) is 0 Å². The Morgan fingerprint density at radius 2 is 2.28 bits per heavy atom. The van der Waals surface area contributed by atoms with Crippen molar-refractivity contribution in [3.63, 3.8) is 0 Å². The third-order valence-electron chi connectivity index (χ3n) is 3.62. The Hall–Kier alpha value is -1.47. The summed E-state index contributed by atoms with van der Waals surface area (Å²) < 4.78 is 15.5. The van der Waals surface area contributed by atoms with E-state index in [1.54, 1.807) is 0 Å². The van der Waals surface area contributed by atoms with Crippen LogP contribution in [0.25, 0.3) is 0 Å². The molecule has 100 valence electrons. The van der Waals surface area contributed by atoms with Crippen LogP contribution in [-0.2, 0) is 0 Å². The van der Waals surface area contributed by atoms with Crippen molar-refractivity contribution in [2.45, 2.75) is 31.2 Å². The number of hydrogen-bond acceptors (Lipinski definition) is 4. The van der Waals surface area contributed by atoms with Gasteiger partial charge in [0.15, 0.2) is 5.67 Å². The van der Waals surface area contributed by atoms with Gasteiger partial charge in [-0.15, -0.1) is 0 Å². The molecule has 18 heavy (non-hydrogen) atoms. The molecule has 7 heteroatoms. The molecule has 0 bridgehead atoms. The van der Waals surface area contributed by atoms with Gasteiger partial charge in [0.2, 0.25) is 0 Å². The third-order valence-corrected chi connectivity index (χ3v) is 3.62. The second kappa shape index (κ2) is 4.33. The number of nitrogens with one attached hydrogen (secondary N) is 1. The Kier molecular flexibility index (Phi) is 3.12. The number of halogens is 1. The first-order valence-corrected chi connectivity index (χ1v) is 5.67. The number of aliphatic hydroxyl groups is 2. The lowest BCUT2D eigenvalue weighted by atomic mass is 9.98. The van der Waals surface area contributed by atoms with E-state index in [1.807, 2.05) is 4.98 Å². The summed E-state index contributed by atoms with van der Waals surface area (Å²) in [4.78, 5) is 24.6. The maximum Gasteiger partial charge on any atom is 0.328 e. The number of aliphatic hydroxyl groups excluding tert-OH is 2. The average molecular weight is 258 g/mol. The first-order chi connectivity index (χ1) is 8.37. The normalized spacial score (nSPS) is 35.9. The fourth-order valence-electron chi connectivity index (χ4n) is 2.54. The molecular formula is C11H15FN2O4. The summed E-state index contributed by atoms with van der Waals surface area (Å²) in [7, 11) is 0. The molecule has 1 fully saturated rings. The standard InChI is InChI=1S/C11H15FN2O4/c1-11(12)7(4-6(5-15)9(11)17)14-3-2-8(16)13-10(14)18/h2-3,6-7,9,15,17H,4-5H2,1H3,(H,13,16,18). The van der Waals surface area contributed by atoms with E-state index in [0.29, 0.717) is 0 Å². The summed E-state index contributed by atoms with van der Waals surface area (Å²) in [6, 6.07) is 0.213. The van der Waals surface area contributed by atoms with Gasteiger partial charge in [-0.3, -0.25) is 14.3 Å². The number of H-pyrrole nitrogens is 1. The molecule has 1 heterocycles. The SMILES string of the molecule is CC1(F)C(O)C(CO)CC1n1ccc(=O)[nH]c1=O. The van der Waals surface area contributed by atoms with Crippen molar-refractivity contribution >= 4 is 0 Å². The third kappa shape index (κ3) is 1.89. The summed E-state index contributed by atoms with van der Waals surface area (Å²) in [5, 5.41) is 18.8. The van der Waals surface area contributed by atoms with Crippen LogP contribution in [0.1, 0.15) is 19.4 Å². The fourth-order valence-corrected chi connectivity index (χ4v) is 2.54. The van der Waals surface area contributed by atoms with Crippen LogP contribution < -0.4 is 11.2 Å². The van der Waals surface area contributed by atoms with Gasteiger partial charge in [-0.05, 0) is 13.3 Å². The van der Waals surface area contributed by atoms with E-state index in [2.05, 4.69) is 0 Å². The Bertz CT molecular complexity index is 550. The second-order valence-electron chi connectivity index (χ2n) is 4.81. The molecule has 1 aromatic heterocycles. The average Bonchev–Trinajstić information content (AvgIpc) is 2.52. The highest BCUT2D eigenvalue weighted by Crippen LogP contribution is 2.44. The first kappa shape index (κ1) is 13.0. The van der Waals surface area contributed by atoms with Crippen molar-refractivity contribution in [3.8, 4) is 0 Å². The van der Waals surface area contributed by atoms with Gasteiger partial charge < -0.3 is 10.2 Å². The summed E-state index contributed by atoms with van der Waals surface area (Å²) in [5.74, 6) is -0.621. The predicted molar refractivity (Wildman–Crippen MR) is 61.1 cm³/mol. The molecule has 2 rings (SSSR count). The molecule has 0 saturated heterocycles. The summed E-state index contributed by atoms with van der Waals surface area (Å²) in [5.41, 5.74) is -3.31. The summed E-state index contributed by atoms with van der Waals surface area (Å²) in [6.07, 6.45) is -0.00133. The van der Waals surface area contributed by atoms with Gasteiger partial charge >= 0.3 is 5.69 Å². The molecule has 4 unspecified atom stereocenters. The molecule has 0 radical (unpaired) electrons. The van der Waals surface area contributed by atoms with Gasteiger partial charge in [0.1, 0.15) is 0 Å². The topological polar surface area (TPSA) is 95.3 Å². The van der Waals surface area contributed by atoms with Crippen LogP contribution in [0.3, 0.4) is 0 Å². The van der Waals surface area contributed by atoms with Crippen LogP contribution in [0, 0.1) is 5.92 Å². The Balaban J connectivity index is 2.45. The second-order valence-corrected chi connectivity index (χ2v) is 4.81. The predicted octanol–water partition coefficient (Wildman–Crippen LogP) is -0.821. The Morgan fingerprint density at radius 3 is 2.78 bits per heavy atom. The summed E-state index contributed by atoms with van der Waals surface area (Å²) in [6.45, 7) is 0.838. The molecule has 1 aromatic rings. The fraction of sp³-hybridized carbons (Fsp3) is 0.636. The highest BCUT2D eigenvalue weighted by atomic mass is 19.1. The molecule has 4 atom stereocenters. The summed E-state index contributed by atoms with van der Waals surface area (Å²) >= 11 is 0. The van der Waals surface area contributed by atoms with Gasteiger partial charge in [0.25, 0.3) is 5.56 Å². The highest BCUT2D eigenvalue weighted by molar-refractivity contribution is 5.05. The van der Waals surface area contributed by atoms with Crippen LogP contribution in [-0.4, -0.2) is 38.1 Å². The zero-order valence-electron chi connectivity index (χ0n) is 9.84. The molecular weight excluding hydrogens is 243 g/mol. The number of rotatable bonds is 2. The van der Waals surface area contributed by atoms with E-state index in [9.17, 15) is 19.1 Å². The zero-order valence-corrected chi connectivity index (χ0v) is 9.84. The number of hydrogen-bond donors (Lipinski definition) is 3. The lowest BCUT2D eigenvalue weighted by Gasteiger charge is -2.27. The molecule has 1 saturated carbocycles. The van der Waals surface area contributed by atoms with E-state index in [4.69, 9.17) is 5.11 Å². The molecule has 3 N–H and O–H groups in total. The minimum absolute atomic E-state index is 0.136. The van der Waals surface area contributed by atoms with Crippen molar-refractivity contribution in [2.24, 2.45) is 5.92 Å². The van der Waals surface area contributed by atoms with Crippen LogP contribution in [0.15, 0.2) is 21.9 Å². The zero-order chi connectivity index (χ0) is 13.5. The van der Waals surface area contributed by atoms with Gasteiger partial charge in [-0.2, -0.15) is 0 Å². The maximum absolute atomic E-state index is 14.5. The van der Waals surface area contributed by atoms with Crippen LogP contribution in [0.4, 0.5) is 4.39 Å². The van der Waals surface area contributed by atoms with E-state index < -0.39 is 35.0 Å². The van der Waals surface area contributed by atoms with Crippen LogP contribution >= 0.6 is 0 Å². The largest absolute Gasteiger partial charge is 0.396 e. The Morgan fingerprint density at radius 1 is 1.61 bits per heavy atom. The number of aromatic amines is 1. The smallest absolute Gasteiger partial charge is 0.328 e. The van der Waals surface area contributed by atoms with Crippen molar-refractivity contribution in [1.29, 1.82) is 0 Å². The molecule has 1 aliphatic rings.